The maximum absolute atomic E-state index is 12.0. The van der Waals surface area contributed by atoms with E-state index >= 15 is 0 Å². The Bertz CT molecular complexity index is 2240. The monoisotopic (exact) mass is 1150 g/mol. The molecule has 13 nitrogen and oxygen atoms in total. The fourth-order valence-corrected chi connectivity index (χ4v) is 6.68. The molecule has 0 saturated carbocycles. The van der Waals surface area contributed by atoms with Crippen molar-refractivity contribution >= 4 is 26.1 Å². The number of allylic oxidation sites excluding steroid dienone is 2. The largest absolute Gasteiger partial charge is 3.00 e. The van der Waals surface area contributed by atoms with E-state index in [-0.39, 0.29) is 44.7 Å². The Labute approximate surface area is 458 Å². The fourth-order valence-electron chi connectivity index (χ4n) is 6.68. The third kappa shape index (κ3) is 29.2. The molecule has 6 aromatic rings. The van der Waals surface area contributed by atoms with Crippen LogP contribution in [-0.4, -0.2) is 78.0 Å². The molecule has 0 saturated heterocycles. The third-order valence-electron chi connectivity index (χ3n) is 9.49. The van der Waals surface area contributed by atoms with Crippen LogP contribution < -0.4 is 10.2 Å². The van der Waals surface area contributed by atoms with Crippen LogP contribution in [0.5, 0.6) is 0 Å². The average Bonchev–Trinajstić information content (AvgIpc) is 3.32. The number of pyridine rings is 6. The summed E-state index contributed by atoms with van der Waals surface area (Å²) in [6, 6.07) is 36.0. The molecule has 1 aliphatic rings. The van der Waals surface area contributed by atoms with Gasteiger partial charge in [-0.2, -0.15) is 0 Å². The maximum Gasteiger partial charge on any atom is 3.00 e. The van der Waals surface area contributed by atoms with Crippen molar-refractivity contribution in [3.63, 3.8) is 0 Å². The molecule has 1 aliphatic carbocycles. The molecule has 7 rings (SSSR count). The SMILES string of the molecule is CC(C)(C)C1=C([O-])C(=O)C(C(C)(C)C)=C([O-])C1=O.CO.F[B-](F)(F)F.F[B-](F)(F)F.[Co+3].[Co+3].c1ccc(CN(Cc2ccccn2)Cc2ccccn2)nc1.c1ccc(CN(Cc2ccccn2)Cc2ccccn2)nc1. The number of ketones is 2. The number of carbonyl (C=O) groups excluding carboxylic acids is 2. The molecule has 0 amide bonds. The van der Waals surface area contributed by atoms with Crippen LogP contribution in [0.15, 0.2) is 169 Å². The summed E-state index contributed by atoms with van der Waals surface area (Å²) in [5.74, 6) is -3.34. The van der Waals surface area contributed by atoms with E-state index in [0.717, 1.165) is 80.5 Å². The number of nitrogens with zero attached hydrogens (tertiary/aromatic N) is 8. The molecule has 76 heavy (non-hydrogen) atoms. The fraction of sp³-hybridized carbons (Fsp3) is 0.294. The van der Waals surface area contributed by atoms with Crippen LogP contribution in [0.4, 0.5) is 34.5 Å². The number of hydrogen-bond donors (Lipinski definition) is 1. The first kappa shape index (κ1) is 69.8. The standard InChI is InChI=1S/2C18H18N4.C14H20O4.CH4O.2BF4.2Co/c2*1-4-10-19-16(7-1)13-22(14-17-8-2-5-11-20-17)15-18-9-3-6-12-21-18;1-13(2,3)7-9(15)11(17)8(14(4,5)6)12(18)10(7)16;1-2;2*2-1(3,4)5;;/h2*1-12H,13-15H2;15,18H,1-6H3;2H,1H3;;;;/q;;;;2*-1;2*+3/p-2. The summed E-state index contributed by atoms with van der Waals surface area (Å²) in [7, 11) is -11.0. The maximum atomic E-state index is 12.0. The quantitative estimate of drug-likeness (QED) is 0.0697. The van der Waals surface area contributed by atoms with Crippen molar-refractivity contribution in [1.29, 1.82) is 0 Å². The molecule has 410 valence electrons. The predicted octanol–water partition coefficient (Wildman–Crippen LogP) is 8.81. The molecule has 1 N–H and O–H groups in total. The summed E-state index contributed by atoms with van der Waals surface area (Å²) < 4.78 is 78.0. The van der Waals surface area contributed by atoms with Gasteiger partial charge in [-0.05, 0) is 83.6 Å². The topological polar surface area (TPSA) is 184 Å². The van der Waals surface area contributed by atoms with Gasteiger partial charge in [-0.3, -0.25) is 49.3 Å². The number of rotatable bonds is 12. The number of halogens is 8. The second-order valence-electron chi connectivity index (χ2n) is 17.8. The first-order chi connectivity index (χ1) is 34.7. The van der Waals surface area contributed by atoms with Crippen molar-refractivity contribution in [2.75, 3.05) is 7.11 Å². The van der Waals surface area contributed by atoms with Gasteiger partial charge in [-0.1, -0.05) is 89.5 Å². The summed E-state index contributed by atoms with van der Waals surface area (Å²) in [4.78, 5) is 55.1. The van der Waals surface area contributed by atoms with E-state index in [1.807, 2.05) is 146 Å². The molecule has 6 aromatic heterocycles. The van der Waals surface area contributed by atoms with E-state index in [0.29, 0.717) is 0 Å². The molecular weight excluding hydrogens is 1100 g/mol. The van der Waals surface area contributed by atoms with Gasteiger partial charge in [0, 0.05) is 94.7 Å². The van der Waals surface area contributed by atoms with Gasteiger partial charge in [0.15, 0.2) is 11.6 Å². The normalized spacial score (nSPS) is 12.3. The Hall–Kier alpha value is -6.22. The second-order valence-corrected chi connectivity index (χ2v) is 17.8. The number of carbonyl (C=O) groups is 2. The Balaban J connectivity index is 0.000000994. The van der Waals surface area contributed by atoms with Gasteiger partial charge < -0.3 is 49.8 Å². The van der Waals surface area contributed by atoms with Crippen molar-refractivity contribution in [3.05, 3.63) is 203 Å². The minimum absolute atomic E-state index is 0. The summed E-state index contributed by atoms with van der Waals surface area (Å²) in [6.07, 6.45) is 11.0. The Morgan fingerprint density at radius 3 is 0.671 bits per heavy atom. The summed E-state index contributed by atoms with van der Waals surface area (Å²) in [6.45, 7) is 14.5. The Morgan fingerprint density at radius 1 is 0.395 bits per heavy atom. The van der Waals surface area contributed by atoms with Crippen LogP contribution in [0, 0.1) is 10.8 Å². The van der Waals surface area contributed by atoms with Crippen LogP contribution in [0.3, 0.4) is 0 Å². The van der Waals surface area contributed by atoms with Crippen LogP contribution >= 0.6 is 0 Å². The van der Waals surface area contributed by atoms with Crippen LogP contribution in [-0.2, 0) is 82.4 Å². The molecule has 0 spiro atoms. The van der Waals surface area contributed by atoms with E-state index in [1.165, 1.54) is 0 Å². The molecule has 0 unspecified atom stereocenters. The van der Waals surface area contributed by atoms with Gasteiger partial charge >= 0.3 is 48.1 Å². The van der Waals surface area contributed by atoms with E-state index in [2.05, 4.69) is 39.7 Å². The first-order valence-corrected chi connectivity index (χ1v) is 22.7. The van der Waals surface area contributed by atoms with Gasteiger partial charge in [0.25, 0.3) is 0 Å². The summed E-state index contributed by atoms with van der Waals surface area (Å²) >= 11 is 0. The average molecular weight is 1150 g/mol. The van der Waals surface area contributed by atoms with Gasteiger partial charge in [-0.25, -0.2) is 0 Å². The minimum Gasteiger partial charge on any atom is -0.870 e. The molecule has 0 radical (unpaired) electrons. The van der Waals surface area contributed by atoms with Gasteiger partial charge in [0.2, 0.25) is 0 Å². The third-order valence-corrected chi connectivity index (χ3v) is 9.49. The predicted molar refractivity (Wildman–Crippen MR) is 263 cm³/mol. The van der Waals surface area contributed by atoms with Crippen molar-refractivity contribution in [2.45, 2.75) is 80.8 Å². The van der Waals surface area contributed by atoms with E-state index in [9.17, 15) is 54.3 Å². The number of Topliss-reactive ketones (excluding diaryl/α,β-unsaturated/α-hetero) is 2. The number of aromatic nitrogens is 6. The van der Waals surface area contributed by atoms with Crippen molar-refractivity contribution < 1.29 is 93.0 Å². The molecule has 0 atom stereocenters. The molecule has 6 heterocycles. The number of hydrogen-bond acceptors (Lipinski definition) is 13. The molecule has 0 fully saturated rings. The van der Waals surface area contributed by atoms with Crippen LogP contribution in [0.2, 0.25) is 0 Å². The van der Waals surface area contributed by atoms with Gasteiger partial charge in [0.1, 0.15) is 0 Å². The second kappa shape index (κ2) is 34.4. The van der Waals surface area contributed by atoms with Gasteiger partial charge in [0.05, 0.1) is 34.2 Å². The Morgan fingerprint density at radius 2 is 0.553 bits per heavy atom. The smallest absolute Gasteiger partial charge is 0.870 e. The molecular formula is C51H58B2Co2F8N8O5+2. The molecule has 0 aliphatic heterocycles. The van der Waals surface area contributed by atoms with E-state index < -0.39 is 48.4 Å². The van der Waals surface area contributed by atoms with E-state index in [4.69, 9.17) is 5.11 Å². The minimum atomic E-state index is -6.00. The van der Waals surface area contributed by atoms with Crippen LogP contribution in [0.25, 0.3) is 0 Å². The zero-order valence-corrected chi connectivity index (χ0v) is 44.7. The number of aliphatic hydroxyl groups is 1. The van der Waals surface area contributed by atoms with Gasteiger partial charge in [-0.15, -0.1) is 0 Å². The Kier molecular flexibility index (Phi) is 31.6. The zero-order valence-electron chi connectivity index (χ0n) is 42.6. The van der Waals surface area contributed by atoms with E-state index in [1.54, 1.807) is 41.5 Å². The van der Waals surface area contributed by atoms with Crippen molar-refractivity contribution in [3.8, 4) is 0 Å². The van der Waals surface area contributed by atoms with Crippen molar-refractivity contribution in [2.24, 2.45) is 10.8 Å². The zero-order chi connectivity index (χ0) is 55.5. The first-order valence-electron chi connectivity index (χ1n) is 22.7. The summed E-state index contributed by atoms with van der Waals surface area (Å²) in [5, 5.41) is 31.0. The molecule has 0 aromatic carbocycles. The number of aliphatic hydroxyl groups excluding tert-OH is 1. The van der Waals surface area contributed by atoms with Crippen molar-refractivity contribution in [1.82, 2.24) is 39.7 Å². The molecule has 25 heteroatoms. The van der Waals surface area contributed by atoms with Crippen LogP contribution in [0.1, 0.15) is 75.7 Å². The molecule has 0 bridgehead atoms. The summed E-state index contributed by atoms with van der Waals surface area (Å²) in [5.41, 5.74) is 4.29.